The molecule has 150 valence electrons. The van der Waals surface area contributed by atoms with Gasteiger partial charge in [-0.25, -0.2) is 14.2 Å². The van der Waals surface area contributed by atoms with Crippen LogP contribution in [0.2, 0.25) is 0 Å². The number of nitrogens with one attached hydrogen (secondary N) is 2. The quantitative estimate of drug-likeness (QED) is 0.669. The van der Waals surface area contributed by atoms with Crippen molar-refractivity contribution in [2.24, 2.45) is 0 Å². The summed E-state index contributed by atoms with van der Waals surface area (Å²) in [7, 11) is 1.48. The van der Waals surface area contributed by atoms with E-state index >= 15 is 0 Å². The van der Waals surface area contributed by atoms with Crippen molar-refractivity contribution in [2.45, 2.75) is 12.3 Å². The minimum Gasteiger partial charge on any atom is -0.496 e. The number of halogens is 1. The van der Waals surface area contributed by atoms with Gasteiger partial charge in [0.25, 0.3) is 0 Å². The fraction of sp³-hybridized carbons (Fsp3) is 0.174. The number of aromatic nitrogens is 1. The van der Waals surface area contributed by atoms with E-state index in [0.717, 1.165) is 5.56 Å². The molecule has 0 spiro atoms. The minimum atomic E-state index is -1.25. The topological polar surface area (TPSA) is 87.0 Å². The highest BCUT2D eigenvalue weighted by Crippen LogP contribution is 2.61. The van der Waals surface area contributed by atoms with Crippen LogP contribution in [-0.2, 0) is 5.41 Å². The van der Waals surface area contributed by atoms with Crippen molar-refractivity contribution in [1.82, 2.24) is 10.3 Å². The highest BCUT2D eigenvalue weighted by atomic mass is 19.1. The summed E-state index contributed by atoms with van der Waals surface area (Å²) >= 11 is 0. The van der Waals surface area contributed by atoms with Crippen molar-refractivity contribution in [3.63, 3.8) is 0 Å². The number of carbonyl (C=O) groups is 1. The Hall–Kier alpha value is -3.92. The molecule has 0 saturated heterocycles. The smallest absolute Gasteiger partial charge is 0.320 e. The molecule has 0 saturated carbocycles. The van der Waals surface area contributed by atoms with Gasteiger partial charge in [0.2, 0.25) is 0 Å². The molecule has 1 atom stereocenters. The molecule has 2 aromatic carbocycles. The predicted molar refractivity (Wildman–Crippen MR) is 111 cm³/mol. The Balaban J connectivity index is 1.79. The first-order valence-corrected chi connectivity index (χ1v) is 9.46. The van der Waals surface area contributed by atoms with Gasteiger partial charge in [-0.1, -0.05) is 36.4 Å². The van der Waals surface area contributed by atoms with E-state index in [1.54, 1.807) is 12.1 Å². The third kappa shape index (κ3) is 2.94. The maximum absolute atomic E-state index is 14.9. The highest BCUT2D eigenvalue weighted by molar-refractivity contribution is 5.90. The zero-order chi connectivity index (χ0) is 21.3. The Kier molecular flexibility index (Phi) is 4.84. The number of methoxy groups -OCH3 is 1. The number of benzene rings is 2. The van der Waals surface area contributed by atoms with Crippen LogP contribution in [0.4, 0.5) is 15.0 Å². The SMILES string of the molecule is CCNC(=O)Nc1ccc(C2(C#N)c3c(F)cc(OC)c(-c4ccccc4)c32)cn1. The summed E-state index contributed by atoms with van der Waals surface area (Å²) in [6.07, 6.45) is 1.49. The van der Waals surface area contributed by atoms with E-state index in [4.69, 9.17) is 4.74 Å². The number of ether oxygens (including phenoxy) is 1. The van der Waals surface area contributed by atoms with Crippen molar-refractivity contribution >= 4 is 11.8 Å². The monoisotopic (exact) mass is 402 g/mol. The van der Waals surface area contributed by atoms with Gasteiger partial charge in [0.1, 0.15) is 22.8 Å². The molecule has 7 heteroatoms. The van der Waals surface area contributed by atoms with E-state index in [1.807, 2.05) is 37.3 Å². The van der Waals surface area contributed by atoms with Crippen LogP contribution >= 0.6 is 0 Å². The third-order valence-corrected chi connectivity index (χ3v) is 5.16. The van der Waals surface area contributed by atoms with Gasteiger partial charge in [0, 0.05) is 35.5 Å². The number of pyridine rings is 1. The number of nitrogens with zero attached hydrogens (tertiary/aromatic N) is 2. The lowest BCUT2D eigenvalue weighted by Crippen LogP contribution is -2.28. The molecular formula is C23H19FN4O2. The van der Waals surface area contributed by atoms with Crippen LogP contribution in [0.1, 0.15) is 23.6 Å². The summed E-state index contributed by atoms with van der Waals surface area (Å²) in [6.45, 7) is 2.30. The molecule has 2 amide bonds. The number of nitriles is 1. The number of amides is 2. The lowest BCUT2D eigenvalue weighted by Gasteiger charge is -2.11. The van der Waals surface area contributed by atoms with Crippen LogP contribution in [0.25, 0.3) is 11.1 Å². The summed E-state index contributed by atoms with van der Waals surface area (Å²) < 4.78 is 20.3. The van der Waals surface area contributed by atoms with Gasteiger partial charge in [-0.05, 0) is 24.1 Å². The molecule has 1 aromatic heterocycles. The summed E-state index contributed by atoms with van der Waals surface area (Å²) in [5, 5.41) is 15.3. The van der Waals surface area contributed by atoms with Crippen LogP contribution in [0.15, 0.2) is 54.7 Å². The number of carbonyl (C=O) groups excluding carboxylic acids is 1. The molecule has 0 fully saturated rings. The molecule has 0 aliphatic heterocycles. The van der Waals surface area contributed by atoms with E-state index in [2.05, 4.69) is 21.7 Å². The maximum Gasteiger partial charge on any atom is 0.320 e. The summed E-state index contributed by atoms with van der Waals surface area (Å²) in [4.78, 5) is 15.9. The van der Waals surface area contributed by atoms with Crippen molar-refractivity contribution in [3.05, 3.63) is 77.2 Å². The first kappa shape index (κ1) is 19.4. The Morgan fingerprint density at radius 3 is 2.60 bits per heavy atom. The van der Waals surface area contributed by atoms with E-state index < -0.39 is 11.2 Å². The van der Waals surface area contributed by atoms with Crippen LogP contribution in [-0.4, -0.2) is 24.7 Å². The maximum atomic E-state index is 14.9. The Morgan fingerprint density at radius 1 is 1.23 bits per heavy atom. The van der Waals surface area contributed by atoms with E-state index in [-0.39, 0.29) is 6.03 Å². The minimum absolute atomic E-state index is 0.330. The molecule has 30 heavy (non-hydrogen) atoms. The van der Waals surface area contributed by atoms with E-state index in [0.29, 0.717) is 40.4 Å². The molecule has 1 aliphatic carbocycles. The molecule has 3 aromatic rings. The van der Waals surface area contributed by atoms with Crippen LogP contribution < -0.4 is 15.4 Å². The van der Waals surface area contributed by atoms with Crippen LogP contribution in [0, 0.1) is 17.1 Å². The second-order valence-corrected chi connectivity index (χ2v) is 6.83. The molecule has 1 heterocycles. The summed E-state index contributed by atoms with van der Waals surface area (Å²) in [5.74, 6) is 0.216. The van der Waals surface area contributed by atoms with Gasteiger partial charge in [0.05, 0.1) is 13.2 Å². The van der Waals surface area contributed by atoms with Crippen LogP contribution in [0.3, 0.4) is 0 Å². The van der Waals surface area contributed by atoms with Gasteiger partial charge in [-0.3, -0.25) is 5.32 Å². The summed E-state index contributed by atoms with van der Waals surface area (Å²) in [6, 6.07) is 15.9. The first-order valence-electron chi connectivity index (χ1n) is 9.46. The number of rotatable bonds is 5. The Morgan fingerprint density at radius 2 is 2.00 bits per heavy atom. The molecule has 4 rings (SSSR count). The molecule has 6 nitrogen and oxygen atoms in total. The zero-order valence-electron chi connectivity index (χ0n) is 16.5. The number of hydrogen-bond donors (Lipinski definition) is 2. The van der Waals surface area contributed by atoms with Crippen molar-refractivity contribution < 1.29 is 13.9 Å². The lowest BCUT2D eigenvalue weighted by molar-refractivity contribution is 0.252. The van der Waals surface area contributed by atoms with Gasteiger partial charge < -0.3 is 10.1 Å². The molecule has 0 bridgehead atoms. The molecule has 0 radical (unpaired) electrons. The summed E-state index contributed by atoms with van der Waals surface area (Å²) in [5.41, 5.74) is 1.73. The van der Waals surface area contributed by atoms with E-state index in [1.165, 1.54) is 19.4 Å². The molecule has 2 N–H and O–H groups in total. The average molecular weight is 402 g/mol. The largest absolute Gasteiger partial charge is 0.496 e. The van der Waals surface area contributed by atoms with E-state index in [9.17, 15) is 14.4 Å². The zero-order valence-corrected chi connectivity index (χ0v) is 16.5. The van der Waals surface area contributed by atoms with Gasteiger partial charge >= 0.3 is 6.03 Å². The normalized spacial score (nSPS) is 16.2. The number of anilines is 1. The van der Waals surface area contributed by atoms with Gasteiger partial charge in [-0.2, -0.15) is 5.26 Å². The fourth-order valence-corrected chi connectivity index (χ4v) is 3.80. The first-order chi connectivity index (χ1) is 14.6. The van der Waals surface area contributed by atoms with Crippen molar-refractivity contribution in [2.75, 3.05) is 19.0 Å². The number of fused-ring (bicyclic) bond motifs is 1. The average Bonchev–Trinajstić information content (AvgIpc) is 3.45. The Bertz CT molecular complexity index is 1160. The predicted octanol–water partition coefficient (Wildman–Crippen LogP) is 4.21. The Labute approximate surface area is 173 Å². The van der Waals surface area contributed by atoms with Crippen LogP contribution in [0.5, 0.6) is 5.75 Å². The highest BCUT2D eigenvalue weighted by Gasteiger charge is 2.58. The lowest BCUT2D eigenvalue weighted by atomic mass is 9.92. The fourth-order valence-electron chi connectivity index (χ4n) is 3.80. The van der Waals surface area contributed by atoms with Crippen molar-refractivity contribution in [1.29, 1.82) is 5.26 Å². The van der Waals surface area contributed by atoms with Crippen molar-refractivity contribution in [3.8, 4) is 22.9 Å². The molecular weight excluding hydrogens is 383 g/mol. The second kappa shape index (κ2) is 7.48. The standard InChI is InChI=1S/C23H19FN4O2/c1-3-26-22(29)28-18-10-9-15(12-27-18)23(13-25)20-16(24)11-17(30-2)19(21(20)23)14-7-5-4-6-8-14/h4-12H,3H2,1-2H3,(H2,26,27,28,29). The molecule has 1 aliphatic rings. The van der Waals surface area contributed by atoms with Gasteiger partial charge in [-0.15, -0.1) is 0 Å². The third-order valence-electron chi connectivity index (χ3n) is 5.16. The number of hydrogen-bond acceptors (Lipinski definition) is 4. The molecule has 1 unspecified atom stereocenters. The second-order valence-electron chi connectivity index (χ2n) is 6.83. The number of urea groups is 1. The van der Waals surface area contributed by atoms with Gasteiger partial charge in [0.15, 0.2) is 0 Å².